The third-order valence-corrected chi connectivity index (χ3v) is 8.84. The van der Waals surface area contributed by atoms with Crippen LogP contribution >= 0.6 is 0 Å². The number of nitrogens with zero attached hydrogens (tertiary/aromatic N) is 3. The van der Waals surface area contributed by atoms with Crippen LogP contribution in [0, 0.1) is 0 Å². The smallest absolute Gasteiger partial charge is 0.253 e. The SMILES string of the molecule is CCC(C)NC(=O)CN1CCN(C(=O)c2ccc(S(=O)(=O)N(C)C3CCCCC3)cc2)CC1. The predicted molar refractivity (Wildman–Crippen MR) is 129 cm³/mol. The van der Waals surface area contributed by atoms with Crippen LogP contribution < -0.4 is 5.32 Å². The first kappa shape index (κ1) is 25.6. The first-order chi connectivity index (χ1) is 15.7. The average Bonchev–Trinajstić information content (AvgIpc) is 2.84. The van der Waals surface area contributed by atoms with E-state index in [9.17, 15) is 18.0 Å². The van der Waals surface area contributed by atoms with Crippen LogP contribution in [0.5, 0.6) is 0 Å². The van der Waals surface area contributed by atoms with E-state index >= 15 is 0 Å². The third-order valence-electron chi connectivity index (χ3n) is 6.91. The Hall–Kier alpha value is -1.97. The normalized spacial score (nSPS) is 19.5. The molecule has 8 nitrogen and oxygen atoms in total. The van der Waals surface area contributed by atoms with Crippen molar-refractivity contribution in [1.82, 2.24) is 19.4 Å². The minimum Gasteiger partial charge on any atom is -0.353 e. The second kappa shape index (κ2) is 11.4. The number of carbonyl (C=O) groups excluding carboxylic acids is 2. The summed E-state index contributed by atoms with van der Waals surface area (Å²) in [6, 6.07) is 6.50. The average molecular weight is 479 g/mol. The zero-order valence-corrected chi connectivity index (χ0v) is 20.9. The number of amides is 2. The lowest BCUT2D eigenvalue weighted by atomic mass is 9.96. The molecule has 1 atom stereocenters. The minimum atomic E-state index is -3.57. The number of sulfonamides is 1. The van der Waals surface area contributed by atoms with Crippen LogP contribution in [0.3, 0.4) is 0 Å². The van der Waals surface area contributed by atoms with Crippen LogP contribution in [0.4, 0.5) is 0 Å². The standard InChI is InChI=1S/C24H38N4O4S/c1-4-19(2)25-23(29)18-27-14-16-28(17-15-27)24(30)20-10-12-22(13-11-20)33(31,32)26(3)21-8-6-5-7-9-21/h10-13,19,21H,4-9,14-18H2,1-3H3,(H,25,29). The molecule has 1 aromatic carbocycles. The molecule has 3 rings (SSSR count). The van der Waals surface area contributed by atoms with Gasteiger partial charge in [-0.1, -0.05) is 26.2 Å². The summed E-state index contributed by atoms with van der Waals surface area (Å²) < 4.78 is 27.5. The van der Waals surface area contributed by atoms with E-state index < -0.39 is 10.0 Å². The van der Waals surface area contributed by atoms with E-state index in [4.69, 9.17) is 0 Å². The van der Waals surface area contributed by atoms with Gasteiger partial charge in [0.25, 0.3) is 5.91 Å². The van der Waals surface area contributed by atoms with Gasteiger partial charge in [-0.3, -0.25) is 14.5 Å². The fourth-order valence-electron chi connectivity index (χ4n) is 4.49. The molecule has 2 fully saturated rings. The van der Waals surface area contributed by atoms with Crippen molar-refractivity contribution in [2.45, 2.75) is 69.4 Å². The molecule has 184 valence electrons. The lowest BCUT2D eigenvalue weighted by molar-refractivity contribution is -0.123. The van der Waals surface area contributed by atoms with Gasteiger partial charge in [-0.2, -0.15) is 4.31 Å². The van der Waals surface area contributed by atoms with Gasteiger partial charge in [-0.05, 0) is 50.5 Å². The van der Waals surface area contributed by atoms with Crippen molar-refractivity contribution in [2.24, 2.45) is 0 Å². The van der Waals surface area contributed by atoms with Gasteiger partial charge in [-0.25, -0.2) is 8.42 Å². The Morgan fingerprint density at radius 2 is 1.67 bits per heavy atom. The molecule has 0 bridgehead atoms. The fourth-order valence-corrected chi connectivity index (χ4v) is 5.91. The summed E-state index contributed by atoms with van der Waals surface area (Å²) in [5, 5.41) is 2.97. The monoisotopic (exact) mass is 478 g/mol. The molecule has 1 unspecified atom stereocenters. The molecular weight excluding hydrogens is 440 g/mol. The van der Waals surface area contributed by atoms with Crippen molar-refractivity contribution in [3.63, 3.8) is 0 Å². The zero-order valence-electron chi connectivity index (χ0n) is 20.1. The molecule has 9 heteroatoms. The zero-order chi connectivity index (χ0) is 24.0. The van der Waals surface area contributed by atoms with Gasteiger partial charge in [-0.15, -0.1) is 0 Å². The van der Waals surface area contributed by atoms with E-state index in [1.54, 1.807) is 24.1 Å². The van der Waals surface area contributed by atoms with Crippen molar-refractivity contribution in [1.29, 1.82) is 0 Å². The first-order valence-corrected chi connectivity index (χ1v) is 13.6. The maximum absolute atomic E-state index is 13.0. The Morgan fingerprint density at radius 1 is 1.06 bits per heavy atom. The number of hydrogen-bond acceptors (Lipinski definition) is 5. The minimum absolute atomic E-state index is 0.0131. The second-order valence-corrected chi connectivity index (χ2v) is 11.3. The van der Waals surface area contributed by atoms with Crippen LogP contribution in [0.25, 0.3) is 0 Å². The highest BCUT2D eigenvalue weighted by molar-refractivity contribution is 7.89. The summed E-state index contributed by atoms with van der Waals surface area (Å²) in [6.07, 6.45) is 5.99. The summed E-state index contributed by atoms with van der Waals surface area (Å²) in [5.41, 5.74) is 0.484. The fraction of sp³-hybridized carbons (Fsp3) is 0.667. The number of hydrogen-bond donors (Lipinski definition) is 1. The van der Waals surface area contributed by atoms with Gasteiger partial charge in [0, 0.05) is 50.9 Å². The summed E-state index contributed by atoms with van der Waals surface area (Å²) in [7, 11) is -1.91. The Morgan fingerprint density at radius 3 is 2.24 bits per heavy atom. The molecule has 1 N–H and O–H groups in total. The van der Waals surface area contributed by atoms with Gasteiger partial charge in [0.15, 0.2) is 0 Å². The maximum Gasteiger partial charge on any atom is 0.253 e. The number of piperazine rings is 1. The predicted octanol–water partition coefficient (Wildman–Crippen LogP) is 2.31. The van der Waals surface area contributed by atoms with E-state index in [2.05, 4.69) is 10.2 Å². The molecule has 0 spiro atoms. The van der Waals surface area contributed by atoms with Gasteiger partial charge in [0.1, 0.15) is 0 Å². The van der Waals surface area contributed by atoms with Crippen LogP contribution in [-0.2, 0) is 14.8 Å². The molecule has 1 aliphatic heterocycles. The van der Waals surface area contributed by atoms with E-state index in [-0.39, 0.29) is 28.8 Å². The van der Waals surface area contributed by atoms with E-state index in [1.807, 2.05) is 13.8 Å². The van der Waals surface area contributed by atoms with Gasteiger partial charge in [0.05, 0.1) is 11.4 Å². The largest absolute Gasteiger partial charge is 0.353 e. The van der Waals surface area contributed by atoms with Gasteiger partial charge < -0.3 is 10.2 Å². The molecule has 1 aromatic rings. The Kier molecular flexibility index (Phi) is 8.89. The van der Waals surface area contributed by atoms with Crippen LogP contribution in [0.2, 0.25) is 0 Å². The third kappa shape index (κ3) is 6.55. The quantitative estimate of drug-likeness (QED) is 0.619. The number of nitrogens with one attached hydrogen (secondary N) is 1. The molecule has 0 aromatic heterocycles. The van der Waals surface area contributed by atoms with Gasteiger partial charge >= 0.3 is 0 Å². The first-order valence-electron chi connectivity index (χ1n) is 12.1. The molecule has 33 heavy (non-hydrogen) atoms. The van der Waals surface area contributed by atoms with Crippen LogP contribution in [0.1, 0.15) is 62.7 Å². The molecule has 1 saturated heterocycles. The number of carbonyl (C=O) groups is 2. The van der Waals surface area contributed by atoms with Crippen LogP contribution in [0.15, 0.2) is 29.2 Å². The molecule has 0 radical (unpaired) electrons. The topological polar surface area (TPSA) is 90.0 Å². The lowest BCUT2D eigenvalue weighted by Crippen LogP contribution is -2.51. The van der Waals surface area contributed by atoms with Crippen molar-refractivity contribution in [3.8, 4) is 0 Å². The van der Waals surface area contributed by atoms with E-state index in [0.29, 0.717) is 38.3 Å². The second-order valence-electron chi connectivity index (χ2n) is 9.28. The molecule has 2 amide bonds. The van der Waals surface area contributed by atoms with Crippen molar-refractivity contribution < 1.29 is 18.0 Å². The molecule has 1 heterocycles. The summed E-state index contributed by atoms with van der Waals surface area (Å²) >= 11 is 0. The summed E-state index contributed by atoms with van der Waals surface area (Å²) in [6.45, 7) is 6.72. The van der Waals surface area contributed by atoms with Crippen molar-refractivity contribution in [3.05, 3.63) is 29.8 Å². The molecule has 1 saturated carbocycles. The van der Waals surface area contributed by atoms with Gasteiger partial charge in [0.2, 0.25) is 15.9 Å². The Labute approximate surface area is 198 Å². The Bertz CT molecular complexity index is 905. The van der Waals surface area contributed by atoms with Crippen LogP contribution in [-0.4, -0.2) is 86.2 Å². The highest BCUT2D eigenvalue weighted by atomic mass is 32.2. The Balaban J connectivity index is 1.55. The lowest BCUT2D eigenvalue weighted by Gasteiger charge is -2.34. The highest BCUT2D eigenvalue weighted by Gasteiger charge is 2.29. The number of benzene rings is 1. The van der Waals surface area contributed by atoms with E-state index in [0.717, 1.165) is 32.1 Å². The summed E-state index contributed by atoms with van der Waals surface area (Å²) in [4.78, 5) is 29.1. The van der Waals surface area contributed by atoms with Crippen molar-refractivity contribution in [2.75, 3.05) is 39.8 Å². The van der Waals surface area contributed by atoms with E-state index in [1.165, 1.54) is 22.9 Å². The maximum atomic E-state index is 13.0. The number of rotatable bonds is 8. The highest BCUT2D eigenvalue weighted by Crippen LogP contribution is 2.26. The summed E-state index contributed by atoms with van der Waals surface area (Å²) in [5.74, 6) is -0.0950. The molecule has 2 aliphatic rings. The van der Waals surface area contributed by atoms with Crippen molar-refractivity contribution >= 4 is 21.8 Å². The molecule has 1 aliphatic carbocycles. The molecular formula is C24H38N4O4S.